The van der Waals surface area contributed by atoms with E-state index in [0.29, 0.717) is 11.1 Å². The second-order valence-corrected chi connectivity index (χ2v) is 4.01. The third-order valence-corrected chi connectivity index (χ3v) is 2.68. The van der Waals surface area contributed by atoms with E-state index >= 15 is 0 Å². The number of furan rings is 2. The van der Waals surface area contributed by atoms with Crippen LogP contribution in [0.2, 0.25) is 0 Å². The molecule has 0 N–H and O–H groups in total. The molecule has 0 unspecified atom stereocenters. The zero-order valence-corrected chi connectivity index (χ0v) is 9.57. The molecule has 3 nitrogen and oxygen atoms in total. The second-order valence-electron chi connectivity index (χ2n) is 4.01. The number of fused-ring (bicyclic) bond motifs is 1. The molecule has 3 aromatic rings. The normalized spacial score (nSPS) is 11.0. The number of para-hydroxylation sites is 1. The van der Waals surface area contributed by atoms with Crippen molar-refractivity contribution in [3.05, 3.63) is 59.5 Å². The third-order valence-electron chi connectivity index (χ3n) is 2.68. The summed E-state index contributed by atoms with van der Waals surface area (Å²) in [6.07, 6.45) is 0. The zero-order valence-electron chi connectivity index (χ0n) is 9.57. The highest BCUT2D eigenvalue weighted by Gasteiger charge is 2.18. The number of hydrogen-bond acceptors (Lipinski definition) is 3. The summed E-state index contributed by atoms with van der Waals surface area (Å²) >= 11 is 0. The van der Waals surface area contributed by atoms with Crippen LogP contribution in [0.25, 0.3) is 11.0 Å². The van der Waals surface area contributed by atoms with Gasteiger partial charge in [0.2, 0.25) is 0 Å². The molecule has 0 aliphatic carbocycles. The third kappa shape index (κ3) is 1.62. The quantitative estimate of drug-likeness (QED) is 0.645. The molecule has 0 saturated heterocycles. The van der Waals surface area contributed by atoms with Crippen LogP contribution in [0.4, 0.5) is 4.39 Å². The predicted molar refractivity (Wildman–Crippen MR) is 63.0 cm³/mol. The SMILES string of the molecule is Cc1ccc(C(=O)c2cc3cccc(F)c3o2)o1. The topological polar surface area (TPSA) is 43.4 Å². The van der Waals surface area contributed by atoms with E-state index in [-0.39, 0.29) is 17.1 Å². The molecular formula is C14H9FO3. The van der Waals surface area contributed by atoms with Crippen molar-refractivity contribution in [2.45, 2.75) is 6.92 Å². The van der Waals surface area contributed by atoms with Crippen molar-refractivity contribution in [1.29, 1.82) is 0 Å². The molecule has 0 amide bonds. The number of hydrogen-bond donors (Lipinski definition) is 0. The Morgan fingerprint density at radius 3 is 2.61 bits per heavy atom. The molecule has 0 saturated carbocycles. The lowest BCUT2D eigenvalue weighted by molar-refractivity contribution is 0.0984. The highest BCUT2D eigenvalue weighted by Crippen LogP contribution is 2.24. The molecule has 90 valence electrons. The van der Waals surface area contributed by atoms with Crippen LogP contribution in [0.3, 0.4) is 0 Å². The fourth-order valence-electron chi connectivity index (χ4n) is 1.82. The Balaban J connectivity index is 2.10. The lowest BCUT2D eigenvalue weighted by Crippen LogP contribution is -1.96. The van der Waals surface area contributed by atoms with Crippen LogP contribution in [-0.2, 0) is 0 Å². The van der Waals surface area contributed by atoms with Crippen molar-refractivity contribution in [2.75, 3.05) is 0 Å². The van der Waals surface area contributed by atoms with E-state index < -0.39 is 11.6 Å². The number of aryl methyl sites for hydroxylation is 1. The van der Waals surface area contributed by atoms with Crippen LogP contribution < -0.4 is 0 Å². The smallest absolute Gasteiger partial charge is 0.263 e. The Kier molecular flexibility index (Phi) is 2.30. The number of benzene rings is 1. The van der Waals surface area contributed by atoms with Gasteiger partial charge in [-0.15, -0.1) is 0 Å². The maximum absolute atomic E-state index is 13.4. The summed E-state index contributed by atoms with van der Waals surface area (Å²) in [6.45, 7) is 1.75. The first-order valence-corrected chi connectivity index (χ1v) is 5.44. The van der Waals surface area contributed by atoms with Gasteiger partial charge < -0.3 is 8.83 Å². The van der Waals surface area contributed by atoms with Gasteiger partial charge in [0, 0.05) is 5.39 Å². The minimum absolute atomic E-state index is 0.0736. The van der Waals surface area contributed by atoms with Gasteiger partial charge in [-0.25, -0.2) is 4.39 Å². The van der Waals surface area contributed by atoms with Gasteiger partial charge in [0.15, 0.2) is 22.9 Å². The van der Waals surface area contributed by atoms with Crippen LogP contribution in [-0.4, -0.2) is 5.78 Å². The summed E-state index contributed by atoms with van der Waals surface area (Å²) in [7, 11) is 0. The molecule has 0 bridgehead atoms. The molecule has 1 aromatic carbocycles. The number of ketones is 1. The Bertz CT molecular complexity index is 736. The second kappa shape index (κ2) is 3.84. The van der Waals surface area contributed by atoms with Gasteiger partial charge in [-0.2, -0.15) is 0 Å². The first-order valence-electron chi connectivity index (χ1n) is 5.44. The molecule has 18 heavy (non-hydrogen) atoms. The number of halogens is 1. The minimum atomic E-state index is -0.484. The van der Waals surface area contributed by atoms with E-state index in [4.69, 9.17) is 8.83 Å². The lowest BCUT2D eigenvalue weighted by atomic mass is 10.2. The summed E-state index contributed by atoms with van der Waals surface area (Å²) in [5, 5.41) is 0.557. The summed E-state index contributed by atoms with van der Waals surface area (Å²) in [6, 6.07) is 9.32. The molecular weight excluding hydrogens is 235 g/mol. The number of rotatable bonds is 2. The Hall–Kier alpha value is -2.36. The largest absolute Gasteiger partial charge is 0.458 e. The molecule has 2 aromatic heterocycles. The van der Waals surface area contributed by atoms with E-state index in [0.717, 1.165) is 0 Å². The van der Waals surface area contributed by atoms with Gasteiger partial charge >= 0.3 is 0 Å². The van der Waals surface area contributed by atoms with Crippen LogP contribution in [0.1, 0.15) is 22.1 Å². The first-order chi connectivity index (χ1) is 8.65. The first kappa shape index (κ1) is 10.8. The Labute approximate surface area is 102 Å². The number of carbonyl (C=O) groups is 1. The molecule has 4 heteroatoms. The van der Waals surface area contributed by atoms with Crippen molar-refractivity contribution in [3.63, 3.8) is 0 Å². The summed E-state index contributed by atoms with van der Waals surface area (Å²) in [5.74, 6) is 0.0259. The maximum atomic E-state index is 13.4. The molecule has 0 fully saturated rings. The Morgan fingerprint density at radius 2 is 1.94 bits per heavy atom. The van der Waals surface area contributed by atoms with Crippen LogP contribution in [0.5, 0.6) is 0 Å². The van der Waals surface area contributed by atoms with Crippen molar-refractivity contribution in [2.24, 2.45) is 0 Å². The van der Waals surface area contributed by atoms with Crippen molar-refractivity contribution < 1.29 is 18.0 Å². The molecule has 0 atom stereocenters. The van der Waals surface area contributed by atoms with Gasteiger partial charge in [0.05, 0.1) is 0 Å². The van der Waals surface area contributed by atoms with E-state index in [1.165, 1.54) is 12.1 Å². The van der Waals surface area contributed by atoms with E-state index in [1.807, 2.05) is 0 Å². The van der Waals surface area contributed by atoms with Gasteiger partial charge in [0.1, 0.15) is 5.76 Å². The van der Waals surface area contributed by atoms with Crippen molar-refractivity contribution in [1.82, 2.24) is 0 Å². The van der Waals surface area contributed by atoms with Gasteiger partial charge in [-0.05, 0) is 31.2 Å². The average molecular weight is 244 g/mol. The van der Waals surface area contributed by atoms with Crippen molar-refractivity contribution in [3.8, 4) is 0 Å². The standard InChI is InChI=1S/C14H9FO3/c1-8-5-6-11(17-8)13(16)12-7-9-3-2-4-10(15)14(9)18-12/h2-7H,1H3. The molecule has 0 aliphatic heterocycles. The van der Waals surface area contributed by atoms with Crippen LogP contribution in [0.15, 0.2) is 45.2 Å². The Morgan fingerprint density at radius 1 is 1.11 bits per heavy atom. The molecule has 0 radical (unpaired) electrons. The minimum Gasteiger partial charge on any atom is -0.458 e. The van der Waals surface area contributed by atoms with Gasteiger partial charge in [-0.3, -0.25) is 4.79 Å². The predicted octanol–water partition coefficient (Wildman–Crippen LogP) is 3.70. The molecule has 0 spiro atoms. The monoisotopic (exact) mass is 244 g/mol. The highest BCUT2D eigenvalue weighted by molar-refractivity contribution is 6.07. The molecule has 0 aliphatic rings. The fourth-order valence-corrected chi connectivity index (χ4v) is 1.82. The van der Waals surface area contributed by atoms with E-state index in [9.17, 15) is 9.18 Å². The van der Waals surface area contributed by atoms with Crippen LogP contribution >= 0.6 is 0 Å². The van der Waals surface area contributed by atoms with Crippen molar-refractivity contribution >= 4 is 16.8 Å². The summed E-state index contributed by atoms with van der Waals surface area (Å²) < 4.78 is 23.9. The number of carbonyl (C=O) groups excluding carboxylic acids is 1. The van der Waals surface area contributed by atoms with E-state index in [2.05, 4.69) is 0 Å². The maximum Gasteiger partial charge on any atom is 0.263 e. The average Bonchev–Trinajstić information content (AvgIpc) is 2.95. The lowest BCUT2D eigenvalue weighted by Gasteiger charge is -1.91. The summed E-state index contributed by atoms with van der Waals surface area (Å²) in [5.41, 5.74) is 0.0872. The highest BCUT2D eigenvalue weighted by atomic mass is 19.1. The molecule has 3 rings (SSSR count). The van der Waals surface area contributed by atoms with Gasteiger partial charge in [0.25, 0.3) is 5.78 Å². The fraction of sp³-hybridized carbons (Fsp3) is 0.0714. The summed E-state index contributed by atoms with van der Waals surface area (Å²) in [4.78, 5) is 12.0. The molecule has 2 heterocycles. The van der Waals surface area contributed by atoms with Crippen LogP contribution in [0, 0.1) is 12.7 Å². The van der Waals surface area contributed by atoms with Gasteiger partial charge in [-0.1, -0.05) is 12.1 Å². The van der Waals surface area contributed by atoms with E-state index in [1.54, 1.807) is 31.2 Å². The zero-order chi connectivity index (χ0) is 12.7.